The molecule has 0 bridgehead atoms. The van der Waals surface area contributed by atoms with Crippen molar-refractivity contribution in [2.75, 3.05) is 6.54 Å². The standard InChI is InChI=1S/C13H13Cl2N3O/c1-2-17(8-10-4-3-5-11(14)6-10)13(19)18-9-12(15)7-16-18/h3-7,9H,2,8H2,1H3. The number of benzene rings is 1. The van der Waals surface area contributed by atoms with Crippen LogP contribution < -0.4 is 0 Å². The minimum Gasteiger partial charge on any atom is -0.319 e. The van der Waals surface area contributed by atoms with Crippen molar-refractivity contribution < 1.29 is 4.79 Å². The molecule has 0 unspecified atom stereocenters. The summed E-state index contributed by atoms with van der Waals surface area (Å²) in [6.45, 7) is 2.96. The van der Waals surface area contributed by atoms with Crippen molar-refractivity contribution in [1.82, 2.24) is 14.7 Å². The van der Waals surface area contributed by atoms with E-state index in [4.69, 9.17) is 23.2 Å². The zero-order valence-electron chi connectivity index (χ0n) is 10.4. The van der Waals surface area contributed by atoms with Crippen LogP contribution >= 0.6 is 23.2 Å². The molecular weight excluding hydrogens is 285 g/mol. The van der Waals surface area contributed by atoms with Crippen LogP contribution in [-0.2, 0) is 6.54 Å². The molecule has 0 radical (unpaired) electrons. The number of amides is 1. The Morgan fingerprint density at radius 3 is 2.74 bits per heavy atom. The summed E-state index contributed by atoms with van der Waals surface area (Å²) in [6.07, 6.45) is 2.93. The number of nitrogens with zero attached hydrogens (tertiary/aromatic N) is 3. The van der Waals surface area contributed by atoms with Crippen LogP contribution in [0.4, 0.5) is 4.79 Å². The van der Waals surface area contributed by atoms with Gasteiger partial charge in [-0.2, -0.15) is 9.78 Å². The number of hydrogen-bond donors (Lipinski definition) is 0. The normalized spacial score (nSPS) is 10.5. The number of rotatable bonds is 3. The first-order chi connectivity index (χ1) is 9.10. The molecule has 0 saturated heterocycles. The first-order valence-electron chi connectivity index (χ1n) is 5.84. The van der Waals surface area contributed by atoms with Crippen molar-refractivity contribution in [3.05, 3.63) is 52.3 Å². The molecule has 2 rings (SSSR count). The average molecular weight is 298 g/mol. The largest absolute Gasteiger partial charge is 0.344 e. The van der Waals surface area contributed by atoms with Gasteiger partial charge in [-0.1, -0.05) is 35.3 Å². The molecule has 4 nitrogen and oxygen atoms in total. The van der Waals surface area contributed by atoms with Crippen molar-refractivity contribution in [2.24, 2.45) is 0 Å². The summed E-state index contributed by atoms with van der Waals surface area (Å²) in [5, 5.41) is 5.00. The highest BCUT2D eigenvalue weighted by Crippen LogP contribution is 2.14. The summed E-state index contributed by atoms with van der Waals surface area (Å²) in [6, 6.07) is 7.22. The molecule has 1 heterocycles. The summed E-state index contributed by atoms with van der Waals surface area (Å²) in [5.41, 5.74) is 0.973. The predicted molar refractivity (Wildman–Crippen MR) is 75.6 cm³/mol. The molecule has 0 aliphatic carbocycles. The molecule has 0 atom stereocenters. The van der Waals surface area contributed by atoms with E-state index in [1.807, 2.05) is 25.1 Å². The molecule has 1 amide bonds. The van der Waals surface area contributed by atoms with Gasteiger partial charge >= 0.3 is 6.03 Å². The van der Waals surface area contributed by atoms with Gasteiger partial charge in [-0.05, 0) is 24.6 Å². The van der Waals surface area contributed by atoms with Gasteiger partial charge in [0.1, 0.15) is 0 Å². The van der Waals surface area contributed by atoms with Crippen LogP contribution in [0.5, 0.6) is 0 Å². The van der Waals surface area contributed by atoms with Crippen molar-refractivity contribution in [2.45, 2.75) is 13.5 Å². The second-order valence-corrected chi connectivity index (χ2v) is 4.90. The van der Waals surface area contributed by atoms with E-state index in [-0.39, 0.29) is 6.03 Å². The lowest BCUT2D eigenvalue weighted by Gasteiger charge is -2.20. The predicted octanol–water partition coefficient (Wildman–Crippen LogP) is 3.68. The summed E-state index contributed by atoms with van der Waals surface area (Å²) < 4.78 is 1.23. The number of halogens is 2. The maximum atomic E-state index is 12.2. The Balaban J connectivity index is 2.14. The van der Waals surface area contributed by atoms with Gasteiger partial charge in [0.15, 0.2) is 0 Å². The Kier molecular flexibility index (Phi) is 4.45. The highest BCUT2D eigenvalue weighted by atomic mass is 35.5. The Bertz CT molecular complexity index is 583. The zero-order valence-corrected chi connectivity index (χ0v) is 11.9. The third-order valence-electron chi connectivity index (χ3n) is 2.66. The molecule has 2 aromatic rings. The fraction of sp³-hybridized carbons (Fsp3) is 0.231. The van der Waals surface area contributed by atoms with Crippen molar-refractivity contribution in [3.63, 3.8) is 0 Å². The van der Waals surface area contributed by atoms with Crippen LogP contribution in [0, 0.1) is 0 Å². The second kappa shape index (κ2) is 6.08. The molecule has 0 spiro atoms. The maximum Gasteiger partial charge on any atom is 0.344 e. The van der Waals surface area contributed by atoms with E-state index in [2.05, 4.69) is 5.10 Å². The highest BCUT2D eigenvalue weighted by Gasteiger charge is 2.15. The number of aromatic nitrogens is 2. The summed E-state index contributed by atoms with van der Waals surface area (Å²) in [5.74, 6) is 0. The second-order valence-electron chi connectivity index (χ2n) is 4.03. The molecule has 100 valence electrons. The fourth-order valence-corrected chi connectivity index (χ4v) is 2.07. The summed E-state index contributed by atoms with van der Waals surface area (Å²) >= 11 is 11.7. The van der Waals surface area contributed by atoms with Gasteiger partial charge in [0.05, 0.1) is 17.4 Å². The van der Waals surface area contributed by atoms with Gasteiger partial charge < -0.3 is 4.90 Å². The molecule has 0 N–H and O–H groups in total. The lowest BCUT2D eigenvalue weighted by atomic mass is 10.2. The van der Waals surface area contributed by atoms with Gasteiger partial charge in [0.2, 0.25) is 0 Å². The third kappa shape index (κ3) is 3.49. The summed E-state index contributed by atoms with van der Waals surface area (Å²) in [4.78, 5) is 13.9. The van der Waals surface area contributed by atoms with Crippen LogP contribution in [0.15, 0.2) is 36.7 Å². The van der Waals surface area contributed by atoms with E-state index in [9.17, 15) is 4.79 Å². The quantitative estimate of drug-likeness (QED) is 0.867. The molecule has 6 heteroatoms. The SMILES string of the molecule is CCN(Cc1cccc(Cl)c1)C(=O)n1cc(Cl)cn1. The number of carbonyl (C=O) groups excluding carboxylic acids is 1. The monoisotopic (exact) mass is 297 g/mol. The Hall–Kier alpha value is -1.52. The minimum atomic E-state index is -0.214. The molecule has 0 fully saturated rings. The third-order valence-corrected chi connectivity index (χ3v) is 3.09. The summed E-state index contributed by atoms with van der Waals surface area (Å²) in [7, 11) is 0. The number of hydrogen-bond acceptors (Lipinski definition) is 2. The molecular formula is C13H13Cl2N3O. The van der Waals surface area contributed by atoms with Crippen LogP contribution in [0.3, 0.4) is 0 Å². The van der Waals surface area contributed by atoms with Gasteiger partial charge in [0, 0.05) is 18.1 Å². The Morgan fingerprint density at radius 1 is 1.37 bits per heavy atom. The smallest absolute Gasteiger partial charge is 0.319 e. The fourth-order valence-electron chi connectivity index (χ4n) is 1.72. The van der Waals surface area contributed by atoms with Crippen LogP contribution in [0.1, 0.15) is 12.5 Å². The van der Waals surface area contributed by atoms with Crippen LogP contribution in [0.2, 0.25) is 10.0 Å². The first-order valence-corrected chi connectivity index (χ1v) is 6.59. The van der Waals surface area contributed by atoms with E-state index in [1.54, 1.807) is 11.0 Å². The van der Waals surface area contributed by atoms with Crippen molar-refractivity contribution >= 4 is 29.2 Å². The van der Waals surface area contributed by atoms with Gasteiger partial charge in [-0.25, -0.2) is 4.79 Å². The minimum absolute atomic E-state index is 0.214. The number of carbonyl (C=O) groups is 1. The first kappa shape index (κ1) is 13.9. The lowest BCUT2D eigenvalue weighted by Crippen LogP contribution is -2.34. The van der Waals surface area contributed by atoms with E-state index in [1.165, 1.54) is 17.1 Å². The molecule has 1 aromatic heterocycles. The van der Waals surface area contributed by atoms with Gasteiger partial charge in [-0.3, -0.25) is 0 Å². The average Bonchev–Trinajstić information content (AvgIpc) is 2.82. The molecule has 0 aliphatic rings. The van der Waals surface area contributed by atoms with Crippen molar-refractivity contribution in [1.29, 1.82) is 0 Å². The van der Waals surface area contributed by atoms with E-state index >= 15 is 0 Å². The van der Waals surface area contributed by atoms with E-state index in [0.717, 1.165) is 5.56 Å². The van der Waals surface area contributed by atoms with Gasteiger partial charge in [-0.15, -0.1) is 0 Å². The Morgan fingerprint density at radius 2 is 2.16 bits per heavy atom. The van der Waals surface area contributed by atoms with Crippen LogP contribution in [-0.4, -0.2) is 27.3 Å². The maximum absolute atomic E-state index is 12.2. The molecule has 1 aromatic carbocycles. The van der Waals surface area contributed by atoms with E-state index in [0.29, 0.717) is 23.1 Å². The van der Waals surface area contributed by atoms with Crippen LogP contribution in [0.25, 0.3) is 0 Å². The van der Waals surface area contributed by atoms with Crippen molar-refractivity contribution in [3.8, 4) is 0 Å². The van der Waals surface area contributed by atoms with Gasteiger partial charge in [0.25, 0.3) is 0 Å². The zero-order chi connectivity index (χ0) is 13.8. The Labute approximate surface area is 121 Å². The lowest BCUT2D eigenvalue weighted by molar-refractivity contribution is 0.196. The topological polar surface area (TPSA) is 38.1 Å². The molecule has 0 saturated carbocycles. The van der Waals surface area contributed by atoms with E-state index < -0.39 is 0 Å². The molecule has 19 heavy (non-hydrogen) atoms. The molecule has 0 aliphatic heterocycles. The highest BCUT2D eigenvalue weighted by molar-refractivity contribution is 6.30.